The summed E-state index contributed by atoms with van der Waals surface area (Å²) in [7, 11) is 0. The smallest absolute Gasteiger partial charge is 0.545 e. The fraction of sp³-hybridized carbons (Fsp3) is 0. The van der Waals surface area contributed by atoms with Crippen LogP contribution in [-0.2, 0) is 17.1 Å². The van der Waals surface area contributed by atoms with E-state index in [1.165, 1.54) is 6.07 Å². The number of aromatic amines is 2. The van der Waals surface area contributed by atoms with Crippen LogP contribution in [-0.4, -0.2) is 45.8 Å². The van der Waals surface area contributed by atoms with Crippen LogP contribution >= 0.6 is 0 Å². The average Bonchev–Trinajstić information content (AvgIpc) is 3.76. The van der Waals surface area contributed by atoms with E-state index in [9.17, 15) is 9.90 Å². The van der Waals surface area contributed by atoms with Crippen LogP contribution in [0.4, 0.5) is 0 Å². The Morgan fingerprint density at radius 1 is 0.477 bits per heavy atom. The molecule has 11 heteroatoms. The first-order valence-electron chi connectivity index (χ1n) is 13.6. The molecule has 0 aliphatic carbocycles. The number of hydrogen-bond donors (Lipinski definition) is 2. The molecule has 2 aliphatic heterocycles. The average molecular weight is 621 g/mol. The van der Waals surface area contributed by atoms with Gasteiger partial charge in [0, 0.05) is 49.4 Å². The maximum absolute atomic E-state index is 12.2. The van der Waals surface area contributed by atoms with E-state index in [0.717, 1.165) is 33.0 Å². The second-order valence-corrected chi connectivity index (χ2v) is 10.3. The fourth-order valence-corrected chi connectivity index (χ4v) is 5.86. The van der Waals surface area contributed by atoms with Crippen molar-refractivity contribution in [2.45, 2.75) is 0 Å². The van der Waals surface area contributed by atoms with E-state index >= 15 is 0 Å². The molecule has 4 aromatic carbocycles. The molecule has 5 heterocycles. The minimum absolute atomic E-state index is 0. The molecule has 0 amide bonds. The van der Waals surface area contributed by atoms with Gasteiger partial charge in [-0.15, -0.1) is 0 Å². The predicted octanol–water partition coefficient (Wildman–Crippen LogP) is 5.23. The van der Waals surface area contributed by atoms with Crippen molar-refractivity contribution in [3.05, 3.63) is 96.6 Å². The molecule has 0 fully saturated rings. The standard InChI is InChI=1S/C33H18N8O2.Cu/c42-33(43)23-15-7-14-22-24(23)32-40-30-21-13-6-5-12-20(21)28(38-30)36-26-17-9-2-1-8-16(17)25(34-26)35-27-18-10-3-4-11-19(18)29(37-27)39-31(22)41-32;/h1-15H,(H,42,43)(H2,34,35,36,37,38,39,40,41);/q;+1/p-1. The second-order valence-electron chi connectivity index (χ2n) is 10.3. The topological polar surface area (TPSA) is 149 Å². The van der Waals surface area contributed by atoms with Crippen molar-refractivity contribution in [2.75, 3.05) is 0 Å². The first-order valence-corrected chi connectivity index (χ1v) is 13.6. The van der Waals surface area contributed by atoms with Crippen molar-refractivity contribution in [3.8, 4) is 45.6 Å². The van der Waals surface area contributed by atoms with Gasteiger partial charge < -0.3 is 19.9 Å². The van der Waals surface area contributed by atoms with Gasteiger partial charge in [-0.25, -0.2) is 29.9 Å². The summed E-state index contributed by atoms with van der Waals surface area (Å²) in [6, 6.07) is 28.2. The van der Waals surface area contributed by atoms with Crippen LogP contribution in [0, 0.1) is 0 Å². The second kappa shape index (κ2) is 9.63. The third kappa shape index (κ3) is 3.77. The number of rotatable bonds is 1. The van der Waals surface area contributed by atoms with Gasteiger partial charge in [0.05, 0.1) is 5.97 Å². The van der Waals surface area contributed by atoms with E-state index in [-0.39, 0.29) is 22.6 Å². The Labute approximate surface area is 258 Å². The van der Waals surface area contributed by atoms with Crippen molar-refractivity contribution in [2.24, 2.45) is 0 Å². The first kappa shape index (κ1) is 25.9. The molecule has 2 N–H and O–H groups in total. The normalized spacial score (nSPS) is 11.6. The molecule has 9 rings (SSSR count). The number of aromatic carboxylic acids is 1. The molecule has 44 heavy (non-hydrogen) atoms. The maximum Gasteiger partial charge on any atom is 1.00 e. The van der Waals surface area contributed by atoms with Gasteiger partial charge in [0.2, 0.25) is 0 Å². The van der Waals surface area contributed by atoms with Crippen LogP contribution in [0.3, 0.4) is 0 Å². The SMILES string of the molecule is O=C([O-])c1cccc2c3nc4nc(nc5[nH]c(nc6nc(nc([nH]3)c12)-c1ccccc1-6)c1ccccc51)-c1ccccc1-4.[Cu+]. The molecule has 3 aromatic heterocycles. The van der Waals surface area contributed by atoms with Crippen molar-refractivity contribution >= 4 is 50.1 Å². The van der Waals surface area contributed by atoms with Crippen molar-refractivity contribution in [1.29, 1.82) is 0 Å². The van der Waals surface area contributed by atoms with Gasteiger partial charge in [-0.1, -0.05) is 91.0 Å². The molecule has 0 saturated heterocycles. The summed E-state index contributed by atoms with van der Waals surface area (Å²) in [6.45, 7) is 0. The predicted molar refractivity (Wildman–Crippen MR) is 160 cm³/mol. The number of carbonyl (C=O) groups excluding carboxylic acids is 1. The summed E-state index contributed by atoms with van der Waals surface area (Å²) in [5, 5.41) is 14.9. The molecule has 2 aliphatic rings. The Hall–Kier alpha value is -5.77. The molecule has 10 nitrogen and oxygen atoms in total. The van der Waals surface area contributed by atoms with Crippen molar-refractivity contribution in [3.63, 3.8) is 0 Å². The minimum Gasteiger partial charge on any atom is -0.545 e. The summed E-state index contributed by atoms with van der Waals surface area (Å²) in [6.07, 6.45) is 0. The molecular weight excluding hydrogens is 604 g/mol. The van der Waals surface area contributed by atoms with Gasteiger partial charge in [-0.3, -0.25) is 0 Å². The van der Waals surface area contributed by atoms with Crippen LogP contribution in [0.25, 0.3) is 89.7 Å². The van der Waals surface area contributed by atoms with Crippen LogP contribution in [0.15, 0.2) is 91.0 Å². The van der Waals surface area contributed by atoms with Crippen LogP contribution in [0.2, 0.25) is 0 Å². The maximum atomic E-state index is 12.2. The number of hydrogen-bond acceptors (Lipinski definition) is 8. The fourth-order valence-electron chi connectivity index (χ4n) is 5.86. The van der Waals surface area contributed by atoms with E-state index in [0.29, 0.717) is 56.7 Å². The number of carbonyl (C=O) groups is 1. The van der Waals surface area contributed by atoms with Gasteiger partial charge >= 0.3 is 17.1 Å². The molecular formula is C33H17CuN8O2. The van der Waals surface area contributed by atoms with Crippen LogP contribution in [0.5, 0.6) is 0 Å². The Bertz CT molecular complexity index is 2510. The van der Waals surface area contributed by atoms with Crippen LogP contribution < -0.4 is 5.11 Å². The molecule has 0 saturated carbocycles. The number of nitrogens with one attached hydrogen (secondary N) is 2. The first-order chi connectivity index (χ1) is 21.1. The van der Waals surface area contributed by atoms with Gasteiger partial charge in [-0.05, 0) is 0 Å². The Morgan fingerprint density at radius 3 is 1.34 bits per heavy atom. The summed E-state index contributed by atoms with van der Waals surface area (Å²) < 4.78 is 0. The van der Waals surface area contributed by atoms with E-state index in [1.807, 2.05) is 72.8 Å². The van der Waals surface area contributed by atoms with Crippen molar-refractivity contribution < 1.29 is 27.0 Å². The molecule has 0 radical (unpaired) electrons. The van der Waals surface area contributed by atoms with Crippen LogP contribution in [0.1, 0.15) is 10.4 Å². The third-order valence-electron chi connectivity index (χ3n) is 7.80. The van der Waals surface area contributed by atoms with Gasteiger partial charge in [0.15, 0.2) is 23.3 Å². The zero-order valence-corrected chi connectivity index (χ0v) is 23.4. The molecule has 0 spiro atoms. The summed E-state index contributed by atoms with van der Waals surface area (Å²) in [5.74, 6) is 0.483. The van der Waals surface area contributed by atoms with Gasteiger partial charge in [-0.2, -0.15) is 0 Å². The number of carboxylic acid groups (broad SMARTS) is 1. The number of benzene rings is 4. The van der Waals surface area contributed by atoms with E-state index in [4.69, 9.17) is 29.9 Å². The Balaban J connectivity index is 0.00000289. The third-order valence-corrected chi connectivity index (χ3v) is 7.80. The quantitative estimate of drug-likeness (QED) is 0.237. The van der Waals surface area contributed by atoms with Gasteiger partial charge in [0.1, 0.15) is 22.6 Å². The monoisotopic (exact) mass is 620 g/mol. The number of nitrogens with zero attached hydrogens (tertiary/aromatic N) is 6. The molecule has 7 aromatic rings. The van der Waals surface area contributed by atoms with Crippen molar-refractivity contribution in [1.82, 2.24) is 39.9 Å². The molecule has 0 unspecified atom stereocenters. The number of carboxylic acids is 1. The zero-order chi connectivity index (χ0) is 28.7. The van der Waals surface area contributed by atoms with E-state index < -0.39 is 5.97 Å². The zero-order valence-electron chi connectivity index (χ0n) is 22.5. The Kier molecular flexibility index (Phi) is 5.67. The van der Waals surface area contributed by atoms with E-state index in [2.05, 4.69) is 9.97 Å². The summed E-state index contributed by atoms with van der Waals surface area (Å²) >= 11 is 0. The number of fused-ring (bicyclic) bond motifs is 20. The summed E-state index contributed by atoms with van der Waals surface area (Å²) in [4.78, 5) is 48.2. The largest absolute Gasteiger partial charge is 1.00 e. The molecule has 212 valence electrons. The summed E-state index contributed by atoms with van der Waals surface area (Å²) in [5.41, 5.74) is 5.11. The number of H-pyrrole nitrogens is 2. The minimum atomic E-state index is -1.32. The Morgan fingerprint density at radius 2 is 0.864 bits per heavy atom. The molecule has 0 atom stereocenters. The van der Waals surface area contributed by atoms with E-state index in [1.54, 1.807) is 12.1 Å². The number of aromatic nitrogens is 8. The molecule has 8 bridgehead atoms. The van der Waals surface area contributed by atoms with Gasteiger partial charge in [0.25, 0.3) is 0 Å².